The van der Waals surface area contributed by atoms with Gasteiger partial charge < -0.3 is 9.47 Å². The third-order valence-electron chi connectivity index (χ3n) is 7.03. The van der Waals surface area contributed by atoms with E-state index in [1.807, 2.05) is 0 Å². The van der Waals surface area contributed by atoms with Gasteiger partial charge in [0.05, 0.1) is 0 Å². The summed E-state index contributed by atoms with van der Waals surface area (Å²) in [5.41, 5.74) is 6.07. The molecule has 2 spiro atoms. The number of benzene rings is 2. The zero-order valence-corrected chi connectivity index (χ0v) is 14.6. The van der Waals surface area contributed by atoms with Gasteiger partial charge in [-0.3, -0.25) is 0 Å². The van der Waals surface area contributed by atoms with Crippen molar-refractivity contribution >= 4 is 0 Å². The van der Waals surface area contributed by atoms with Gasteiger partial charge in [-0.05, 0) is 61.8 Å². The van der Waals surface area contributed by atoms with Gasteiger partial charge in [-0.1, -0.05) is 30.7 Å². The summed E-state index contributed by atoms with van der Waals surface area (Å²) in [6.45, 7) is 0. The van der Waals surface area contributed by atoms with Crippen molar-refractivity contribution in [3.8, 4) is 11.5 Å². The summed E-state index contributed by atoms with van der Waals surface area (Å²) < 4.78 is 13.5. The molecule has 0 radical (unpaired) electrons. The van der Waals surface area contributed by atoms with Crippen LogP contribution in [0.15, 0.2) is 36.4 Å². The van der Waals surface area contributed by atoms with Gasteiger partial charge in [0.15, 0.2) is 0 Å². The Bertz CT molecular complexity index is 795. The molecule has 0 amide bonds. The Labute approximate surface area is 149 Å². The molecule has 1 saturated carbocycles. The minimum absolute atomic E-state index is 0.119. The highest BCUT2D eigenvalue weighted by Gasteiger charge is 2.51. The van der Waals surface area contributed by atoms with Crippen LogP contribution < -0.4 is 9.47 Å². The largest absolute Gasteiger partial charge is 0.452 e. The van der Waals surface area contributed by atoms with Crippen LogP contribution in [0.3, 0.4) is 0 Å². The molecule has 2 aromatic rings. The highest BCUT2D eigenvalue weighted by Crippen LogP contribution is 2.59. The number of aryl methyl sites for hydroxylation is 2. The second-order valence-corrected chi connectivity index (χ2v) is 8.34. The molecule has 0 bridgehead atoms. The van der Waals surface area contributed by atoms with E-state index in [1.165, 1.54) is 54.4 Å². The lowest BCUT2D eigenvalue weighted by atomic mass is 9.75. The van der Waals surface area contributed by atoms with Gasteiger partial charge in [-0.25, -0.2) is 0 Å². The Morgan fingerprint density at radius 1 is 0.640 bits per heavy atom. The van der Waals surface area contributed by atoms with Crippen molar-refractivity contribution in [3.05, 3.63) is 58.7 Å². The van der Waals surface area contributed by atoms with Crippen LogP contribution in [-0.4, -0.2) is 5.79 Å². The lowest BCUT2D eigenvalue weighted by Crippen LogP contribution is -2.46. The number of rotatable bonds is 0. The summed E-state index contributed by atoms with van der Waals surface area (Å²) in [4.78, 5) is 0. The van der Waals surface area contributed by atoms with E-state index in [0.717, 1.165) is 37.2 Å². The minimum atomic E-state index is -0.472. The van der Waals surface area contributed by atoms with Crippen LogP contribution in [0.1, 0.15) is 67.2 Å². The van der Waals surface area contributed by atoms with E-state index in [2.05, 4.69) is 36.4 Å². The first-order valence-electron chi connectivity index (χ1n) is 9.93. The summed E-state index contributed by atoms with van der Waals surface area (Å²) in [5.74, 6) is 1.72. The SMILES string of the molecule is c1cc2c3c(c1)OC1(CCCCC1)Oc1cccc4c1C3(CC2)CC4. The van der Waals surface area contributed by atoms with Crippen molar-refractivity contribution in [1.82, 2.24) is 0 Å². The molecular weight excluding hydrogens is 308 g/mol. The van der Waals surface area contributed by atoms with Gasteiger partial charge in [0.25, 0.3) is 5.79 Å². The van der Waals surface area contributed by atoms with Crippen LogP contribution in [0.25, 0.3) is 0 Å². The smallest absolute Gasteiger partial charge is 0.251 e. The number of ether oxygens (including phenoxy) is 2. The van der Waals surface area contributed by atoms with Gasteiger partial charge in [0.2, 0.25) is 0 Å². The fourth-order valence-corrected chi connectivity index (χ4v) is 5.99. The van der Waals surface area contributed by atoms with E-state index >= 15 is 0 Å². The molecule has 1 fully saturated rings. The molecule has 6 rings (SSSR count). The predicted molar refractivity (Wildman–Crippen MR) is 97.4 cm³/mol. The fourth-order valence-electron chi connectivity index (χ4n) is 5.99. The Kier molecular flexibility index (Phi) is 2.74. The summed E-state index contributed by atoms with van der Waals surface area (Å²) in [5, 5.41) is 0. The normalized spacial score (nSPS) is 23.8. The van der Waals surface area contributed by atoms with Gasteiger partial charge in [0, 0.05) is 29.4 Å². The molecular formula is C23H24O2. The van der Waals surface area contributed by atoms with E-state index < -0.39 is 5.79 Å². The molecule has 25 heavy (non-hydrogen) atoms. The third kappa shape index (κ3) is 1.80. The first kappa shape index (κ1) is 14.2. The molecule has 3 aliphatic carbocycles. The molecule has 0 N–H and O–H groups in total. The monoisotopic (exact) mass is 332 g/mol. The lowest BCUT2D eigenvalue weighted by Gasteiger charge is -2.42. The number of hydrogen-bond donors (Lipinski definition) is 0. The molecule has 2 nitrogen and oxygen atoms in total. The first-order chi connectivity index (χ1) is 12.3. The highest BCUT2D eigenvalue weighted by molar-refractivity contribution is 5.63. The third-order valence-corrected chi connectivity index (χ3v) is 7.03. The van der Waals surface area contributed by atoms with Gasteiger partial charge in [-0.2, -0.15) is 0 Å². The van der Waals surface area contributed by atoms with Crippen molar-refractivity contribution in [3.63, 3.8) is 0 Å². The molecule has 1 aliphatic heterocycles. The van der Waals surface area contributed by atoms with Crippen LogP contribution in [0.4, 0.5) is 0 Å². The maximum atomic E-state index is 6.74. The zero-order chi connectivity index (χ0) is 16.5. The highest BCUT2D eigenvalue weighted by atomic mass is 16.7. The summed E-state index contributed by atoms with van der Waals surface area (Å²) in [6.07, 6.45) is 10.4. The Morgan fingerprint density at radius 3 is 1.76 bits per heavy atom. The molecule has 0 saturated heterocycles. The topological polar surface area (TPSA) is 18.5 Å². The molecule has 1 heterocycles. The molecule has 4 aliphatic rings. The van der Waals surface area contributed by atoms with Crippen LogP contribution >= 0.6 is 0 Å². The van der Waals surface area contributed by atoms with Gasteiger partial charge in [-0.15, -0.1) is 0 Å². The zero-order valence-electron chi connectivity index (χ0n) is 14.6. The second kappa shape index (κ2) is 4.81. The Morgan fingerprint density at radius 2 is 1.20 bits per heavy atom. The molecule has 0 unspecified atom stereocenters. The van der Waals surface area contributed by atoms with Gasteiger partial charge >= 0.3 is 0 Å². The standard InChI is InChI=1S/C23H24O2/c1-2-12-23(13-3-1)24-18-8-4-6-16-10-14-22(20(16)18)15-11-17-7-5-9-19(25-23)21(17)22/h4-9H,1-3,10-15H2. The summed E-state index contributed by atoms with van der Waals surface area (Å²) in [7, 11) is 0. The summed E-state index contributed by atoms with van der Waals surface area (Å²) in [6, 6.07) is 13.4. The first-order valence-corrected chi connectivity index (χ1v) is 9.93. The van der Waals surface area contributed by atoms with Crippen LogP contribution in [0, 0.1) is 0 Å². The van der Waals surface area contributed by atoms with E-state index in [0.29, 0.717) is 0 Å². The summed E-state index contributed by atoms with van der Waals surface area (Å²) >= 11 is 0. The molecule has 0 aromatic heterocycles. The fraction of sp³-hybridized carbons (Fsp3) is 0.478. The average molecular weight is 332 g/mol. The van der Waals surface area contributed by atoms with Crippen molar-refractivity contribution in [2.24, 2.45) is 0 Å². The van der Waals surface area contributed by atoms with E-state index in [4.69, 9.17) is 9.47 Å². The molecule has 128 valence electrons. The van der Waals surface area contributed by atoms with Crippen LogP contribution in [0.2, 0.25) is 0 Å². The van der Waals surface area contributed by atoms with Crippen LogP contribution in [0.5, 0.6) is 11.5 Å². The van der Waals surface area contributed by atoms with Crippen molar-refractivity contribution in [1.29, 1.82) is 0 Å². The van der Waals surface area contributed by atoms with E-state index in [1.54, 1.807) is 0 Å². The van der Waals surface area contributed by atoms with Gasteiger partial charge in [0.1, 0.15) is 11.5 Å². The average Bonchev–Trinajstić information content (AvgIpc) is 3.19. The van der Waals surface area contributed by atoms with Crippen molar-refractivity contribution in [2.75, 3.05) is 0 Å². The van der Waals surface area contributed by atoms with E-state index in [-0.39, 0.29) is 5.41 Å². The second-order valence-electron chi connectivity index (χ2n) is 8.34. The number of hydrogen-bond acceptors (Lipinski definition) is 2. The lowest BCUT2D eigenvalue weighted by molar-refractivity contribution is -0.139. The Hall–Kier alpha value is -1.96. The van der Waals surface area contributed by atoms with Crippen molar-refractivity contribution < 1.29 is 9.47 Å². The predicted octanol–water partition coefficient (Wildman–Crippen LogP) is 5.30. The quantitative estimate of drug-likeness (QED) is 0.652. The molecule has 0 atom stereocenters. The van der Waals surface area contributed by atoms with E-state index in [9.17, 15) is 0 Å². The van der Waals surface area contributed by atoms with Crippen molar-refractivity contribution in [2.45, 2.75) is 69.0 Å². The molecule has 2 aromatic carbocycles. The minimum Gasteiger partial charge on any atom is -0.452 e. The van der Waals surface area contributed by atoms with Crippen LogP contribution in [-0.2, 0) is 18.3 Å². The molecule has 2 heteroatoms. The maximum Gasteiger partial charge on any atom is 0.251 e. The maximum absolute atomic E-state index is 6.74. The Balaban J connectivity index is 1.65.